The SMILES string of the molecule is c1ccc(-c2ccc(-c3c4cccc(-c5cccc6c5N(c5ccccc5)c5ccccc5C6(c5ccccc5)c5ccccc5)c4cc4c(-c5cccc6c5N(c5ccccc5)c5ccccc5C6(c5ccccc5)c5ccccc5)cccc34)cc2)cc1. The van der Waals surface area contributed by atoms with Gasteiger partial charge < -0.3 is 9.80 Å². The number of benzene rings is 15. The predicted octanol–water partition coefficient (Wildman–Crippen LogP) is 23.0. The van der Waals surface area contributed by atoms with Crippen LogP contribution in [0.3, 0.4) is 0 Å². The summed E-state index contributed by atoms with van der Waals surface area (Å²) in [5.74, 6) is 0. The lowest BCUT2D eigenvalue weighted by atomic mass is 9.62. The molecule has 0 saturated heterocycles. The topological polar surface area (TPSA) is 6.48 Å². The van der Waals surface area contributed by atoms with Gasteiger partial charge in [-0.1, -0.05) is 322 Å². The molecule has 2 heterocycles. The summed E-state index contributed by atoms with van der Waals surface area (Å²) in [5.41, 5.74) is 24.5. The van der Waals surface area contributed by atoms with Crippen LogP contribution in [0.4, 0.5) is 34.1 Å². The third-order valence-corrected chi connectivity index (χ3v) is 19.2. The minimum absolute atomic E-state index is 0.684. The van der Waals surface area contributed by atoms with Gasteiger partial charge in [-0.15, -0.1) is 0 Å². The van der Waals surface area contributed by atoms with Gasteiger partial charge in [-0.2, -0.15) is 0 Å². The first-order chi connectivity index (χ1) is 44.7. The molecule has 0 bridgehead atoms. The van der Waals surface area contributed by atoms with E-state index in [1.54, 1.807) is 0 Å². The molecule has 0 N–H and O–H groups in total. The van der Waals surface area contributed by atoms with Gasteiger partial charge in [-0.25, -0.2) is 0 Å². The standard InChI is InChI=1S/C88H60N2/c1-8-30-61(31-9-1)62-56-58-63(59-57-62)84-72-46-26-44-70(74-48-28-52-80-85(74)89(68-40-18-6-19-41-68)82-54-24-22-50-78(82)87(80,64-32-10-2-11-33-64)65-34-12-3-13-35-65)76(72)60-77-71(45-27-47-73(77)84)75-49-29-53-81-86(75)90(69-42-20-7-21-43-69)83-55-25-23-51-79(83)88(81,66-36-14-4-15-37-66)67-38-16-5-17-39-67/h1-60H. The second kappa shape index (κ2) is 21.7. The number of para-hydroxylation sites is 6. The van der Waals surface area contributed by atoms with E-state index >= 15 is 0 Å². The van der Waals surface area contributed by atoms with Crippen LogP contribution in [0.1, 0.15) is 44.5 Å². The molecule has 0 aromatic heterocycles. The number of nitrogens with zero attached hydrogens (tertiary/aromatic N) is 2. The van der Waals surface area contributed by atoms with Gasteiger partial charge in [-0.3, -0.25) is 0 Å². The first-order valence-corrected chi connectivity index (χ1v) is 31.2. The average Bonchev–Trinajstić information content (AvgIpc) is 0.714. The van der Waals surface area contributed by atoms with Gasteiger partial charge in [0, 0.05) is 22.5 Å². The van der Waals surface area contributed by atoms with Gasteiger partial charge in [0.2, 0.25) is 0 Å². The van der Waals surface area contributed by atoms with Gasteiger partial charge in [0.25, 0.3) is 0 Å². The minimum atomic E-state index is -0.684. The fraction of sp³-hybridized carbons (Fsp3) is 0.0227. The highest BCUT2D eigenvalue weighted by Crippen LogP contribution is 2.63. The molecule has 0 radical (unpaired) electrons. The molecule has 2 heteroatoms. The van der Waals surface area contributed by atoms with Crippen LogP contribution in [-0.2, 0) is 10.8 Å². The fourth-order valence-electron chi connectivity index (χ4n) is 15.5. The summed E-state index contributed by atoms with van der Waals surface area (Å²) in [6, 6.07) is 136. The molecule has 0 amide bonds. The second-order valence-corrected chi connectivity index (χ2v) is 23.7. The Bertz CT molecular complexity index is 4780. The molecule has 0 saturated carbocycles. The third-order valence-electron chi connectivity index (χ3n) is 19.2. The first-order valence-electron chi connectivity index (χ1n) is 31.2. The molecule has 0 atom stereocenters. The molecular weight excluding hydrogens is 1080 g/mol. The van der Waals surface area contributed by atoms with Crippen LogP contribution in [0.15, 0.2) is 364 Å². The van der Waals surface area contributed by atoms with Crippen molar-refractivity contribution in [1.29, 1.82) is 0 Å². The molecule has 15 aromatic rings. The summed E-state index contributed by atoms with van der Waals surface area (Å²) < 4.78 is 0. The number of fused-ring (bicyclic) bond motifs is 6. The summed E-state index contributed by atoms with van der Waals surface area (Å²) in [6.07, 6.45) is 0. The Morgan fingerprint density at radius 1 is 0.200 bits per heavy atom. The van der Waals surface area contributed by atoms with Gasteiger partial charge >= 0.3 is 0 Å². The predicted molar refractivity (Wildman–Crippen MR) is 376 cm³/mol. The lowest BCUT2D eigenvalue weighted by Crippen LogP contribution is -2.38. The Balaban J connectivity index is 1.00. The van der Waals surface area contributed by atoms with Crippen molar-refractivity contribution in [2.75, 3.05) is 9.80 Å². The maximum absolute atomic E-state index is 2.54. The van der Waals surface area contributed by atoms with E-state index < -0.39 is 10.8 Å². The van der Waals surface area contributed by atoms with E-state index in [1.807, 2.05) is 0 Å². The van der Waals surface area contributed by atoms with Crippen molar-refractivity contribution in [2.24, 2.45) is 0 Å². The molecule has 0 spiro atoms. The smallest absolute Gasteiger partial charge is 0.0742 e. The molecule has 17 rings (SSSR count). The van der Waals surface area contributed by atoms with Crippen molar-refractivity contribution in [3.05, 3.63) is 408 Å². The number of hydrogen-bond acceptors (Lipinski definition) is 2. The highest BCUT2D eigenvalue weighted by molar-refractivity contribution is 6.20. The molecule has 2 aliphatic heterocycles. The van der Waals surface area contributed by atoms with Crippen LogP contribution < -0.4 is 9.80 Å². The van der Waals surface area contributed by atoms with Gasteiger partial charge in [-0.05, 0) is 142 Å². The van der Waals surface area contributed by atoms with Crippen LogP contribution in [0.2, 0.25) is 0 Å². The molecule has 15 aromatic carbocycles. The maximum atomic E-state index is 2.54. The summed E-state index contributed by atoms with van der Waals surface area (Å²) >= 11 is 0. The summed E-state index contributed by atoms with van der Waals surface area (Å²) in [4.78, 5) is 5.08. The molecule has 90 heavy (non-hydrogen) atoms. The van der Waals surface area contributed by atoms with Gasteiger partial charge in [0.05, 0.1) is 33.6 Å². The Kier molecular flexibility index (Phi) is 12.7. The van der Waals surface area contributed by atoms with E-state index in [-0.39, 0.29) is 0 Å². The summed E-state index contributed by atoms with van der Waals surface area (Å²) in [5, 5.41) is 4.71. The molecule has 2 nitrogen and oxygen atoms in total. The van der Waals surface area contributed by atoms with Crippen molar-refractivity contribution >= 4 is 55.7 Å². The largest absolute Gasteiger partial charge is 0.309 e. The van der Waals surface area contributed by atoms with E-state index in [1.165, 1.54) is 82.7 Å². The Labute approximate surface area is 526 Å². The minimum Gasteiger partial charge on any atom is -0.309 e. The van der Waals surface area contributed by atoms with E-state index in [0.717, 1.165) is 61.9 Å². The van der Waals surface area contributed by atoms with Crippen LogP contribution in [-0.4, -0.2) is 0 Å². The lowest BCUT2D eigenvalue weighted by Gasteiger charge is -2.47. The molecule has 0 fully saturated rings. The quantitative estimate of drug-likeness (QED) is 0.126. The van der Waals surface area contributed by atoms with E-state index in [9.17, 15) is 0 Å². The lowest BCUT2D eigenvalue weighted by molar-refractivity contribution is 0.731. The van der Waals surface area contributed by atoms with E-state index in [4.69, 9.17) is 0 Å². The van der Waals surface area contributed by atoms with Crippen molar-refractivity contribution in [3.8, 4) is 44.5 Å². The van der Waals surface area contributed by atoms with E-state index in [2.05, 4.69) is 374 Å². The first kappa shape index (κ1) is 52.7. The van der Waals surface area contributed by atoms with Gasteiger partial charge in [0.1, 0.15) is 0 Å². The molecular formula is C88H60N2. The maximum Gasteiger partial charge on any atom is 0.0742 e. The molecule has 422 valence electrons. The van der Waals surface area contributed by atoms with Crippen molar-refractivity contribution in [2.45, 2.75) is 10.8 Å². The molecule has 0 unspecified atom stereocenters. The van der Waals surface area contributed by atoms with Crippen LogP contribution >= 0.6 is 0 Å². The Hall–Kier alpha value is -11.6. The average molecular weight is 1150 g/mol. The zero-order chi connectivity index (χ0) is 59.6. The van der Waals surface area contributed by atoms with Gasteiger partial charge in [0.15, 0.2) is 0 Å². The normalized spacial score (nSPS) is 13.5. The number of hydrogen-bond donors (Lipinski definition) is 0. The highest BCUT2D eigenvalue weighted by Gasteiger charge is 2.49. The van der Waals surface area contributed by atoms with Crippen molar-refractivity contribution in [3.63, 3.8) is 0 Å². The zero-order valence-corrected chi connectivity index (χ0v) is 49.5. The van der Waals surface area contributed by atoms with Crippen molar-refractivity contribution in [1.82, 2.24) is 0 Å². The van der Waals surface area contributed by atoms with Crippen LogP contribution in [0, 0.1) is 0 Å². The van der Waals surface area contributed by atoms with E-state index in [0.29, 0.717) is 0 Å². The molecule has 2 aliphatic rings. The fourth-order valence-corrected chi connectivity index (χ4v) is 15.5. The van der Waals surface area contributed by atoms with Crippen LogP contribution in [0.5, 0.6) is 0 Å². The van der Waals surface area contributed by atoms with Crippen LogP contribution in [0.25, 0.3) is 66.1 Å². The third kappa shape index (κ3) is 8.05. The monoisotopic (exact) mass is 1140 g/mol. The number of anilines is 6. The molecule has 0 aliphatic carbocycles. The number of rotatable bonds is 10. The van der Waals surface area contributed by atoms with Crippen molar-refractivity contribution < 1.29 is 0 Å². The highest BCUT2D eigenvalue weighted by atomic mass is 15.2. The second-order valence-electron chi connectivity index (χ2n) is 23.7. The Morgan fingerprint density at radius 3 is 0.900 bits per heavy atom. The Morgan fingerprint density at radius 2 is 0.500 bits per heavy atom. The zero-order valence-electron chi connectivity index (χ0n) is 49.5. The summed E-state index contributed by atoms with van der Waals surface area (Å²) in [6.45, 7) is 0. The summed E-state index contributed by atoms with van der Waals surface area (Å²) in [7, 11) is 0.